The van der Waals surface area contributed by atoms with Gasteiger partial charge >= 0.3 is 5.97 Å². The molecule has 0 aromatic heterocycles. The van der Waals surface area contributed by atoms with Crippen molar-refractivity contribution in [1.29, 1.82) is 0 Å². The van der Waals surface area contributed by atoms with Crippen molar-refractivity contribution in [3.63, 3.8) is 0 Å². The molecule has 1 N–H and O–H groups in total. The van der Waals surface area contributed by atoms with E-state index in [1.165, 1.54) is 7.11 Å². The Morgan fingerprint density at radius 2 is 1.97 bits per heavy atom. The van der Waals surface area contributed by atoms with Crippen LogP contribution in [0.5, 0.6) is 11.5 Å². The summed E-state index contributed by atoms with van der Waals surface area (Å²) < 4.78 is 27.9. The molecular formula is C25H42O7Si. The highest BCUT2D eigenvalue weighted by molar-refractivity contribution is 6.76. The molecule has 1 aliphatic heterocycles. The van der Waals surface area contributed by atoms with E-state index in [0.717, 1.165) is 30.9 Å². The van der Waals surface area contributed by atoms with Crippen LogP contribution in [-0.4, -0.2) is 65.1 Å². The van der Waals surface area contributed by atoms with Crippen molar-refractivity contribution in [2.75, 3.05) is 34.2 Å². The lowest BCUT2D eigenvalue weighted by atomic mass is 9.88. The van der Waals surface area contributed by atoms with Gasteiger partial charge in [0.1, 0.15) is 17.1 Å². The van der Waals surface area contributed by atoms with E-state index in [1.807, 2.05) is 6.07 Å². The lowest BCUT2D eigenvalue weighted by molar-refractivity contribution is -0.0446. The number of aryl methyl sites for hydroxylation is 1. The predicted molar refractivity (Wildman–Crippen MR) is 131 cm³/mol. The standard InChI is InChI=1S/C25H42O7Si/c1-25(2)15-19(22(16-26)32-25)10-8-9-18-13-20(29-4)14-21(31-17-28-3)23(18)24(27)30-11-12-33(5,6)7/h13-14,19,22,26H,8-12,15-17H2,1-7H3/t19-,22?/m1/s1. The largest absolute Gasteiger partial charge is 0.497 e. The summed E-state index contributed by atoms with van der Waals surface area (Å²) in [4.78, 5) is 13.1. The molecule has 0 amide bonds. The third kappa shape index (κ3) is 8.59. The second-order valence-electron chi connectivity index (χ2n) is 10.6. The molecule has 0 radical (unpaired) electrons. The zero-order valence-electron chi connectivity index (χ0n) is 21.4. The fourth-order valence-electron chi connectivity index (χ4n) is 4.30. The smallest absolute Gasteiger partial charge is 0.342 e. The third-order valence-corrected chi connectivity index (χ3v) is 7.67. The van der Waals surface area contributed by atoms with Crippen LogP contribution < -0.4 is 9.47 Å². The van der Waals surface area contributed by atoms with Gasteiger partial charge in [-0.3, -0.25) is 0 Å². The normalized spacial score (nSPS) is 20.0. The average Bonchev–Trinajstić information content (AvgIpc) is 3.04. The highest BCUT2D eigenvalue weighted by atomic mass is 28.3. The second kappa shape index (κ2) is 12.2. The van der Waals surface area contributed by atoms with E-state index in [2.05, 4.69) is 33.5 Å². The maximum absolute atomic E-state index is 13.1. The summed E-state index contributed by atoms with van der Waals surface area (Å²) in [5, 5.41) is 9.70. The van der Waals surface area contributed by atoms with Gasteiger partial charge < -0.3 is 28.8 Å². The van der Waals surface area contributed by atoms with Gasteiger partial charge in [0.25, 0.3) is 0 Å². The first kappa shape index (κ1) is 27.6. The molecular weight excluding hydrogens is 440 g/mol. The van der Waals surface area contributed by atoms with Crippen LogP contribution in [0.3, 0.4) is 0 Å². The number of hydrogen-bond acceptors (Lipinski definition) is 7. The predicted octanol–water partition coefficient (Wildman–Crippen LogP) is 4.67. The fourth-order valence-corrected chi connectivity index (χ4v) is 5.01. The Bertz CT molecular complexity index is 773. The van der Waals surface area contributed by atoms with Crippen LogP contribution in [0.2, 0.25) is 25.7 Å². The van der Waals surface area contributed by atoms with Crippen LogP contribution in [0.25, 0.3) is 0 Å². The first-order valence-electron chi connectivity index (χ1n) is 11.8. The summed E-state index contributed by atoms with van der Waals surface area (Å²) in [6.07, 6.45) is 3.16. The highest BCUT2D eigenvalue weighted by Crippen LogP contribution is 2.38. The lowest BCUT2D eigenvalue weighted by Crippen LogP contribution is -2.23. The second-order valence-corrected chi connectivity index (χ2v) is 16.2. The summed E-state index contributed by atoms with van der Waals surface area (Å²) in [5.41, 5.74) is 1.04. The van der Waals surface area contributed by atoms with Crippen LogP contribution in [-0.2, 0) is 20.6 Å². The van der Waals surface area contributed by atoms with Gasteiger partial charge in [-0.2, -0.15) is 0 Å². The van der Waals surface area contributed by atoms with Gasteiger partial charge in [0.15, 0.2) is 6.79 Å². The minimum Gasteiger partial charge on any atom is -0.497 e. The number of carbonyl (C=O) groups is 1. The number of esters is 1. The molecule has 1 aromatic carbocycles. The summed E-state index contributed by atoms with van der Waals surface area (Å²) in [7, 11) is 1.80. The lowest BCUT2D eigenvalue weighted by Gasteiger charge is -2.19. The highest BCUT2D eigenvalue weighted by Gasteiger charge is 2.39. The molecule has 7 nitrogen and oxygen atoms in total. The van der Waals surface area contributed by atoms with Crippen LogP contribution in [0.15, 0.2) is 12.1 Å². The summed E-state index contributed by atoms with van der Waals surface area (Å²) >= 11 is 0. The van der Waals surface area contributed by atoms with Crippen molar-refractivity contribution in [1.82, 2.24) is 0 Å². The fraction of sp³-hybridized carbons (Fsp3) is 0.720. The number of carbonyl (C=O) groups excluding carboxylic acids is 1. The first-order chi connectivity index (χ1) is 15.5. The summed E-state index contributed by atoms with van der Waals surface area (Å²) in [5.74, 6) is 0.929. The monoisotopic (exact) mass is 482 g/mol. The van der Waals surface area contributed by atoms with Crippen molar-refractivity contribution in [2.24, 2.45) is 5.92 Å². The SMILES string of the molecule is COCOc1cc(OC)cc(CCC[C@@H]2CC(C)(C)OC2CO)c1C(=O)OCC[Si](C)(C)C. The molecule has 0 aliphatic carbocycles. The molecule has 1 unspecified atom stereocenters. The Morgan fingerprint density at radius 3 is 2.58 bits per heavy atom. The van der Waals surface area contributed by atoms with E-state index >= 15 is 0 Å². The number of ether oxygens (including phenoxy) is 5. The quantitative estimate of drug-likeness (QED) is 0.248. The molecule has 0 bridgehead atoms. The van der Waals surface area contributed by atoms with E-state index in [4.69, 9.17) is 23.7 Å². The summed E-state index contributed by atoms with van der Waals surface area (Å²) in [6.45, 7) is 11.3. The molecule has 188 valence electrons. The first-order valence-corrected chi connectivity index (χ1v) is 15.5. The molecule has 8 heteroatoms. The molecule has 0 saturated carbocycles. The number of methoxy groups -OCH3 is 2. The van der Waals surface area contributed by atoms with Crippen molar-refractivity contribution in [3.8, 4) is 11.5 Å². The zero-order chi connectivity index (χ0) is 24.6. The molecule has 1 fully saturated rings. The molecule has 0 spiro atoms. The molecule has 33 heavy (non-hydrogen) atoms. The van der Waals surface area contributed by atoms with Crippen molar-refractivity contribution in [2.45, 2.75) is 76.9 Å². The maximum Gasteiger partial charge on any atom is 0.342 e. The van der Waals surface area contributed by atoms with Gasteiger partial charge in [-0.05, 0) is 63.1 Å². The van der Waals surface area contributed by atoms with Crippen LogP contribution in [0, 0.1) is 5.92 Å². The van der Waals surface area contributed by atoms with Gasteiger partial charge in [0, 0.05) is 21.3 Å². The zero-order valence-corrected chi connectivity index (χ0v) is 22.4. The molecule has 1 aromatic rings. The van der Waals surface area contributed by atoms with Crippen molar-refractivity contribution >= 4 is 14.0 Å². The Morgan fingerprint density at radius 1 is 1.24 bits per heavy atom. The Balaban J connectivity index is 2.20. The molecule has 1 heterocycles. The van der Waals surface area contributed by atoms with Crippen LogP contribution in [0.1, 0.15) is 49.0 Å². The van der Waals surface area contributed by atoms with Gasteiger partial charge in [-0.1, -0.05) is 19.6 Å². The summed E-state index contributed by atoms with van der Waals surface area (Å²) in [6, 6.07) is 4.48. The number of aliphatic hydroxyl groups excluding tert-OH is 1. The number of rotatable bonds is 13. The number of hydrogen-bond donors (Lipinski definition) is 1. The van der Waals surface area contributed by atoms with E-state index in [1.54, 1.807) is 13.2 Å². The Kier molecular flexibility index (Phi) is 10.2. The molecule has 2 rings (SSSR count). The minimum absolute atomic E-state index is 0.0223. The Labute approximate surface area is 199 Å². The Hall–Kier alpha value is -1.61. The number of aliphatic hydroxyl groups is 1. The van der Waals surface area contributed by atoms with Gasteiger partial charge in [-0.15, -0.1) is 0 Å². The van der Waals surface area contributed by atoms with Gasteiger partial charge in [0.2, 0.25) is 0 Å². The van der Waals surface area contributed by atoms with E-state index < -0.39 is 8.07 Å². The van der Waals surface area contributed by atoms with Crippen LogP contribution >= 0.6 is 0 Å². The third-order valence-electron chi connectivity index (χ3n) is 5.97. The number of benzene rings is 1. The molecule has 2 atom stereocenters. The van der Waals surface area contributed by atoms with E-state index in [9.17, 15) is 9.90 Å². The van der Waals surface area contributed by atoms with Crippen molar-refractivity contribution in [3.05, 3.63) is 23.3 Å². The average molecular weight is 483 g/mol. The van der Waals surface area contributed by atoms with Gasteiger partial charge in [0.05, 0.1) is 32.0 Å². The van der Waals surface area contributed by atoms with Crippen LogP contribution in [0.4, 0.5) is 0 Å². The molecule has 1 saturated heterocycles. The van der Waals surface area contributed by atoms with E-state index in [-0.39, 0.29) is 37.0 Å². The van der Waals surface area contributed by atoms with Gasteiger partial charge in [-0.25, -0.2) is 4.79 Å². The maximum atomic E-state index is 13.1. The van der Waals surface area contributed by atoms with E-state index in [0.29, 0.717) is 30.1 Å². The molecule has 1 aliphatic rings. The van der Waals surface area contributed by atoms with Crippen molar-refractivity contribution < 1.29 is 33.6 Å². The minimum atomic E-state index is -1.33. The topological polar surface area (TPSA) is 83.5 Å².